The van der Waals surface area contributed by atoms with E-state index in [-0.39, 0.29) is 24.6 Å². The molecular weight excluding hydrogens is 296 g/mol. The van der Waals surface area contributed by atoms with Gasteiger partial charge in [-0.05, 0) is 29.4 Å². The molecule has 0 fully saturated rings. The molecule has 22 heavy (non-hydrogen) atoms. The van der Waals surface area contributed by atoms with Crippen LogP contribution >= 0.6 is 11.8 Å². The van der Waals surface area contributed by atoms with Crippen LogP contribution in [0, 0.1) is 5.92 Å². The minimum absolute atomic E-state index is 0.00294. The highest BCUT2D eigenvalue weighted by molar-refractivity contribution is 7.99. The van der Waals surface area contributed by atoms with Gasteiger partial charge in [-0.1, -0.05) is 38.1 Å². The minimum Gasteiger partial charge on any atom is -0.396 e. The molecule has 0 bridgehead atoms. The zero-order chi connectivity index (χ0) is 15.9. The molecule has 0 radical (unpaired) electrons. The number of aliphatic hydroxyl groups is 1. The maximum absolute atomic E-state index is 12.0. The highest BCUT2D eigenvalue weighted by atomic mass is 32.2. The fraction of sp³-hybridized carbons (Fsp3) is 0.471. The van der Waals surface area contributed by atoms with E-state index in [1.807, 2.05) is 42.1 Å². The Morgan fingerprint density at radius 3 is 2.91 bits per heavy atom. The number of nitrogens with one attached hydrogen (secondary N) is 2. The first-order valence-electron chi connectivity index (χ1n) is 7.64. The van der Waals surface area contributed by atoms with Gasteiger partial charge in [0.15, 0.2) is 0 Å². The molecule has 2 amide bonds. The van der Waals surface area contributed by atoms with Gasteiger partial charge in [0, 0.05) is 30.0 Å². The Hall–Kier alpha value is -1.46. The summed E-state index contributed by atoms with van der Waals surface area (Å²) in [7, 11) is 0. The van der Waals surface area contributed by atoms with E-state index >= 15 is 0 Å². The van der Waals surface area contributed by atoms with Crippen molar-refractivity contribution in [3.05, 3.63) is 42.0 Å². The molecule has 0 spiro atoms. The number of carbonyl (C=O) groups is 1. The summed E-state index contributed by atoms with van der Waals surface area (Å²) in [5.74, 6) is 1.10. The summed E-state index contributed by atoms with van der Waals surface area (Å²) in [5, 5.41) is 15.5. The number of urea groups is 1. The van der Waals surface area contributed by atoms with E-state index in [1.54, 1.807) is 0 Å². The lowest BCUT2D eigenvalue weighted by atomic mass is 10.1. The molecule has 1 aliphatic carbocycles. The van der Waals surface area contributed by atoms with Gasteiger partial charge in [-0.3, -0.25) is 0 Å². The normalized spacial score (nSPS) is 20.4. The molecule has 5 heteroatoms. The standard InChI is InChI=1S/C17H24N2O2S/c1-12(2)22-11-14-4-3-5-15(9-14)18-17(21)19-16-7-6-13(8-16)10-20/h3-7,9,12-13,16,20H,8,10-11H2,1-2H3,(H2,18,19,21)/t13-,16+/m0/s1. The Morgan fingerprint density at radius 1 is 1.41 bits per heavy atom. The third kappa shape index (κ3) is 5.39. The highest BCUT2D eigenvalue weighted by Crippen LogP contribution is 2.20. The lowest BCUT2D eigenvalue weighted by Gasteiger charge is -2.14. The monoisotopic (exact) mass is 320 g/mol. The van der Waals surface area contributed by atoms with Crippen LogP contribution in [0.25, 0.3) is 0 Å². The second-order valence-electron chi connectivity index (χ2n) is 5.83. The summed E-state index contributed by atoms with van der Waals surface area (Å²) in [6, 6.07) is 7.73. The number of anilines is 1. The quantitative estimate of drug-likeness (QED) is 0.704. The summed E-state index contributed by atoms with van der Waals surface area (Å²) in [4.78, 5) is 12.0. The van der Waals surface area contributed by atoms with Gasteiger partial charge in [0.05, 0.1) is 0 Å². The molecule has 2 rings (SSSR count). The number of amides is 2. The second-order valence-corrected chi connectivity index (χ2v) is 7.39. The topological polar surface area (TPSA) is 61.4 Å². The maximum atomic E-state index is 12.0. The number of hydrogen-bond donors (Lipinski definition) is 3. The lowest BCUT2D eigenvalue weighted by Crippen LogP contribution is -2.36. The largest absolute Gasteiger partial charge is 0.396 e. The number of rotatable bonds is 6. The average Bonchev–Trinajstić information content (AvgIpc) is 2.93. The van der Waals surface area contributed by atoms with Crippen molar-refractivity contribution >= 4 is 23.5 Å². The van der Waals surface area contributed by atoms with Gasteiger partial charge in [-0.25, -0.2) is 4.79 Å². The van der Waals surface area contributed by atoms with Gasteiger partial charge in [0.2, 0.25) is 0 Å². The molecule has 0 unspecified atom stereocenters. The minimum atomic E-state index is -0.207. The van der Waals surface area contributed by atoms with E-state index in [1.165, 1.54) is 5.56 Å². The van der Waals surface area contributed by atoms with Crippen molar-refractivity contribution in [3.63, 3.8) is 0 Å². The molecule has 0 saturated carbocycles. The summed E-state index contributed by atoms with van der Waals surface area (Å²) < 4.78 is 0. The van der Waals surface area contributed by atoms with Crippen LogP contribution in [0.4, 0.5) is 10.5 Å². The third-order valence-corrected chi connectivity index (χ3v) is 4.66. The average molecular weight is 320 g/mol. The highest BCUT2D eigenvalue weighted by Gasteiger charge is 2.19. The molecule has 3 N–H and O–H groups in total. The van der Waals surface area contributed by atoms with Gasteiger partial charge >= 0.3 is 6.03 Å². The van der Waals surface area contributed by atoms with Gasteiger partial charge < -0.3 is 15.7 Å². The summed E-state index contributed by atoms with van der Waals surface area (Å²) in [6.45, 7) is 4.48. The molecule has 0 aliphatic heterocycles. The maximum Gasteiger partial charge on any atom is 0.319 e. The third-order valence-electron chi connectivity index (χ3n) is 3.49. The lowest BCUT2D eigenvalue weighted by molar-refractivity contribution is 0.238. The number of benzene rings is 1. The predicted octanol–water partition coefficient (Wildman–Crippen LogP) is 3.39. The van der Waals surface area contributed by atoms with Crippen LogP contribution < -0.4 is 10.6 Å². The molecule has 0 saturated heterocycles. The Labute approximate surface area is 136 Å². The molecule has 1 aromatic rings. The fourth-order valence-electron chi connectivity index (χ4n) is 2.35. The fourth-order valence-corrected chi connectivity index (χ4v) is 3.06. The van der Waals surface area contributed by atoms with Crippen molar-refractivity contribution in [2.75, 3.05) is 11.9 Å². The molecular formula is C17H24N2O2S. The van der Waals surface area contributed by atoms with Gasteiger partial charge in [-0.15, -0.1) is 0 Å². The van der Waals surface area contributed by atoms with E-state index in [0.717, 1.165) is 17.9 Å². The Kier molecular flexibility index (Phi) is 6.34. The zero-order valence-electron chi connectivity index (χ0n) is 13.1. The van der Waals surface area contributed by atoms with Crippen molar-refractivity contribution in [1.29, 1.82) is 0 Å². The number of carbonyl (C=O) groups excluding carboxylic acids is 1. The van der Waals surface area contributed by atoms with E-state index in [0.29, 0.717) is 5.25 Å². The zero-order valence-corrected chi connectivity index (χ0v) is 13.9. The van der Waals surface area contributed by atoms with E-state index < -0.39 is 0 Å². The van der Waals surface area contributed by atoms with Crippen molar-refractivity contribution in [1.82, 2.24) is 5.32 Å². The van der Waals surface area contributed by atoms with Crippen LogP contribution in [0.5, 0.6) is 0 Å². The van der Waals surface area contributed by atoms with Crippen molar-refractivity contribution in [2.45, 2.75) is 37.3 Å². The summed E-state index contributed by atoms with van der Waals surface area (Å²) >= 11 is 1.88. The SMILES string of the molecule is CC(C)SCc1cccc(NC(=O)N[C@@H]2C=C[C@H](CO)C2)c1. The van der Waals surface area contributed by atoms with Crippen molar-refractivity contribution < 1.29 is 9.90 Å². The Bertz CT molecular complexity index is 531. The predicted molar refractivity (Wildman–Crippen MR) is 93.1 cm³/mol. The van der Waals surface area contributed by atoms with Crippen LogP contribution in [0.15, 0.2) is 36.4 Å². The van der Waals surface area contributed by atoms with E-state index in [9.17, 15) is 4.79 Å². The van der Waals surface area contributed by atoms with Crippen LogP contribution in [0.3, 0.4) is 0 Å². The molecule has 1 aliphatic rings. The van der Waals surface area contributed by atoms with Crippen molar-refractivity contribution in [2.24, 2.45) is 5.92 Å². The molecule has 4 nitrogen and oxygen atoms in total. The van der Waals surface area contributed by atoms with Gasteiger partial charge in [0.25, 0.3) is 0 Å². The van der Waals surface area contributed by atoms with Crippen LogP contribution in [-0.4, -0.2) is 29.0 Å². The van der Waals surface area contributed by atoms with Crippen LogP contribution in [0.2, 0.25) is 0 Å². The number of thioether (sulfide) groups is 1. The first-order chi connectivity index (χ1) is 10.6. The number of aliphatic hydroxyl groups excluding tert-OH is 1. The molecule has 0 heterocycles. The van der Waals surface area contributed by atoms with Crippen LogP contribution in [-0.2, 0) is 5.75 Å². The molecule has 120 valence electrons. The van der Waals surface area contributed by atoms with E-state index in [2.05, 4.69) is 30.5 Å². The van der Waals surface area contributed by atoms with Gasteiger partial charge in [0.1, 0.15) is 0 Å². The smallest absolute Gasteiger partial charge is 0.319 e. The molecule has 1 aromatic carbocycles. The Balaban J connectivity index is 1.84. The van der Waals surface area contributed by atoms with Gasteiger partial charge in [-0.2, -0.15) is 11.8 Å². The van der Waals surface area contributed by atoms with E-state index in [4.69, 9.17) is 5.11 Å². The second kappa shape index (κ2) is 8.25. The first kappa shape index (κ1) is 16.9. The first-order valence-corrected chi connectivity index (χ1v) is 8.69. The summed E-state index contributed by atoms with van der Waals surface area (Å²) in [5.41, 5.74) is 2.01. The van der Waals surface area contributed by atoms with Crippen molar-refractivity contribution in [3.8, 4) is 0 Å². The summed E-state index contributed by atoms with van der Waals surface area (Å²) in [6.07, 6.45) is 4.65. The van der Waals surface area contributed by atoms with Crippen LogP contribution in [0.1, 0.15) is 25.8 Å². The molecule has 0 aromatic heterocycles. The Morgan fingerprint density at radius 2 is 2.23 bits per heavy atom. The molecule has 2 atom stereocenters. The number of hydrogen-bond acceptors (Lipinski definition) is 3.